The van der Waals surface area contributed by atoms with Crippen LogP contribution in [0.2, 0.25) is 0 Å². The Labute approximate surface area is 165 Å². The van der Waals surface area contributed by atoms with Gasteiger partial charge in [0.25, 0.3) is 0 Å². The van der Waals surface area contributed by atoms with E-state index in [4.69, 9.17) is 4.98 Å². The minimum atomic E-state index is 0.547. The number of aryl methyl sites for hydroxylation is 1. The SMILES string of the molecule is CCCCCCCCCCCCCCCCCc1nc2cscc2[se]1. The van der Waals surface area contributed by atoms with Gasteiger partial charge in [0, 0.05) is 0 Å². The molecule has 2 heterocycles. The van der Waals surface area contributed by atoms with E-state index in [-0.39, 0.29) is 0 Å². The molecule has 0 bridgehead atoms. The third-order valence-electron chi connectivity index (χ3n) is 5.07. The van der Waals surface area contributed by atoms with Crippen LogP contribution < -0.4 is 0 Å². The topological polar surface area (TPSA) is 12.9 Å². The van der Waals surface area contributed by atoms with Gasteiger partial charge in [0.1, 0.15) is 0 Å². The van der Waals surface area contributed by atoms with Gasteiger partial charge in [-0.05, 0) is 0 Å². The maximum atomic E-state index is 4.77. The molecule has 0 aromatic carbocycles. The van der Waals surface area contributed by atoms with E-state index >= 15 is 0 Å². The molecule has 2 rings (SSSR count). The summed E-state index contributed by atoms with van der Waals surface area (Å²) in [6.07, 6.45) is 22.9. The third kappa shape index (κ3) is 9.40. The molecule has 0 aliphatic carbocycles. The van der Waals surface area contributed by atoms with Gasteiger partial charge in [0.2, 0.25) is 0 Å². The van der Waals surface area contributed by atoms with E-state index in [2.05, 4.69) is 17.7 Å². The second-order valence-electron chi connectivity index (χ2n) is 7.43. The molecule has 0 aliphatic rings. The van der Waals surface area contributed by atoms with Crippen LogP contribution in [0.1, 0.15) is 108 Å². The van der Waals surface area contributed by atoms with Crippen molar-refractivity contribution in [2.24, 2.45) is 0 Å². The van der Waals surface area contributed by atoms with Crippen molar-refractivity contribution in [3.8, 4) is 0 Å². The molecule has 142 valence electrons. The maximum absolute atomic E-state index is 4.77. The molecular weight excluding hydrogens is 389 g/mol. The van der Waals surface area contributed by atoms with Crippen LogP contribution in [-0.2, 0) is 6.42 Å². The molecule has 0 N–H and O–H groups in total. The van der Waals surface area contributed by atoms with E-state index in [0.717, 1.165) is 0 Å². The second-order valence-corrected chi connectivity index (χ2v) is 10.5. The Morgan fingerprint density at radius 1 is 0.720 bits per heavy atom. The summed E-state index contributed by atoms with van der Waals surface area (Å²) in [7, 11) is 0. The van der Waals surface area contributed by atoms with Crippen LogP contribution in [0.5, 0.6) is 0 Å². The molecule has 0 saturated carbocycles. The molecule has 0 aliphatic heterocycles. The van der Waals surface area contributed by atoms with E-state index in [0.29, 0.717) is 14.5 Å². The van der Waals surface area contributed by atoms with Crippen molar-refractivity contribution in [3.63, 3.8) is 0 Å². The van der Waals surface area contributed by atoms with Crippen molar-refractivity contribution in [2.45, 2.75) is 110 Å². The first-order valence-electron chi connectivity index (χ1n) is 10.7. The van der Waals surface area contributed by atoms with Crippen molar-refractivity contribution in [2.75, 3.05) is 0 Å². The zero-order valence-electron chi connectivity index (χ0n) is 16.2. The summed E-state index contributed by atoms with van der Waals surface area (Å²) >= 11 is 2.35. The Balaban J connectivity index is 1.30. The molecule has 0 unspecified atom stereocenters. The molecule has 0 spiro atoms. The fraction of sp³-hybridized carbons (Fsp3) is 0.773. The van der Waals surface area contributed by atoms with Crippen LogP contribution in [-0.4, -0.2) is 19.5 Å². The second kappa shape index (κ2) is 14.0. The van der Waals surface area contributed by atoms with E-state index < -0.39 is 0 Å². The fourth-order valence-corrected chi connectivity index (χ4v) is 6.76. The number of fused-ring (bicyclic) bond motifs is 1. The predicted molar refractivity (Wildman–Crippen MR) is 115 cm³/mol. The number of unbranched alkanes of at least 4 members (excludes halogenated alkanes) is 14. The van der Waals surface area contributed by atoms with Crippen molar-refractivity contribution in [1.82, 2.24) is 4.98 Å². The number of nitrogens with zero attached hydrogens (tertiary/aromatic N) is 1. The van der Waals surface area contributed by atoms with Crippen LogP contribution in [0.3, 0.4) is 0 Å². The molecule has 0 radical (unpaired) electrons. The summed E-state index contributed by atoms with van der Waals surface area (Å²) in [5.41, 5.74) is 1.28. The summed E-state index contributed by atoms with van der Waals surface area (Å²) in [6, 6.07) is 0. The van der Waals surface area contributed by atoms with E-state index in [9.17, 15) is 0 Å². The Bertz CT molecular complexity index is 516. The van der Waals surface area contributed by atoms with Gasteiger partial charge in [-0.25, -0.2) is 0 Å². The number of aromatic nitrogens is 1. The molecule has 0 saturated heterocycles. The van der Waals surface area contributed by atoms with Gasteiger partial charge in [-0.15, -0.1) is 0 Å². The zero-order valence-corrected chi connectivity index (χ0v) is 18.8. The van der Waals surface area contributed by atoms with Crippen LogP contribution in [0.25, 0.3) is 9.78 Å². The van der Waals surface area contributed by atoms with Crippen LogP contribution >= 0.6 is 11.3 Å². The van der Waals surface area contributed by atoms with E-state index in [1.165, 1.54) is 117 Å². The molecule has 0 fully saturated rings. The molecule has 1 nitrogen and oxygen atoms in total. The van der Waals surface area contributed by atoms with Crippen molar-refractivity contribution in [3.05, 3.63) is 15.3 Å². The van der Waals surface area contributed by atoms with Gasteiger partial charge >= 0.3 is 127 Å². The standard InChI is InChI=1S/C22H37NSSe/c1-2-3-4-5-6-7-8-9-10-11-12-13-14-15-16-17-22-23-20-18-24-19-21(20)25-22/h18-19H,2-17H2,1H3. The molecular formula is C22H37NSSe. The minimum absolute atomic E-state index is 0.547. The molecule has 3 heteroatoms. The molecule has 25 heavy (non-hydrogen) atoms. The summed E-state index contributed by atoms with van der Waals surface area (Å²) in [6.45, 7) is 2.30. The van der Waals surface area contributed by atoms with Gasteiger partial charge in [-0.1, -0.05) is 39.0 Å². The number of rotatable bonds is 16. The average molecular weight is 427 g/mol. The van der Waals surface area contributed by atoms with Gasteiger partial charge in [-0.3, -0.25) is 0 Å². The van der Waals surface area contributed by atoms with Gasteiger partial charge in [-0.2, -0.15) is 0 Å². The third-order valence-corrected chi connectivity index (χ3v) is 8.40. The monoisotopic (exact) mass is 427 g/mol. The molecule has 0 atom stereocenters. The summed E-state index contributed by atoms with van der Waals surface area (Å²) in [5, 5.41) is 4.49. The van der Waals surface area contributed by atoms with Crippen LogP contribution in [0.15, 0.2) is 10.8 Å². The Kier molecular flexibility index (Phi) is 11.9. The first-order chi connectivity index (χ1) is 12.4. The number of hydrogen-bond donors (Lipinski definition) is 0. The van der Waals surface area contributed by atoms with Crippen molar-refractivity contribution in [1.29, 1.82) is 0 Å². The quantitative estimate of drug-likeness (QED) is 0.197. The summed E-state index contributed by atoms with van der Waals surface area (Å²) in [4.78, 5) is 4.77. The Hall–Kier alpha value is -0.111. The first kappa shape index (κ1) is 21.2. The summed E-state index contributed by atoms with van der Waals surface area (Å²) in [5.74, 6) is 0. The van der Waals surface area contributed by atoms with Crippen molar-refractivity contribution < 1.29 is 0 Å². The molecule has 0 amide bonds. The van der Waals surface area contributed by atoms with E-state index in [1.54, 1.807) is 11.3 Å². The van der Waals surface area contributed by atoms with Gasteiger partial charge in [0.15, 0.2) is 0 Å². The van der Waals surface area contributed by atoms with Crippen LogP contribution in [0.4, 0.5) is 0 Å². The van der Waals surface area contributed by atoms with Gasteiger partial charge < -0.3 is 0 Å². The van der Waals surface area contributed by atoms with E-state index in [1.807, 2.05) is 0 Å². The predicted octanol–water partition coefficient (Wildman–Crippen LogP) is 7.77. The fourth-order valence-electron chi connectivity index (χ4n) is 3.48. The molecule has 2 aromatic heterocycles. The number of hydrogen-bond acceptors (Lipinski definition) is 2. The Morgan fingerprint density at radius 3 is 1.76 bits per heavy atom. The van der Waals surface area contributed by atoms with Gasteiger partial charge in [0.05, 0.1) is 0 Å². The summed E-state index contributed by atoms with van der Waals surface area (Å²) < 4.78 is 3.01. The average Bonchev–Trinajstić information content (AvgIpc) is 3.20. The van der Waals surface area contributed by atoms with Crippen LogP contribution in [0, 0.1) is 0 Å². The Morgan fingerprint density at radius 2 is 1.24 bits per heavy atom. The van der Waals surface area contributed by atoms with Crippen molar-refractivity contribution >= 4 is 35.6 Å². The first-order valence-corrected chi connectivity index (χ1v) is 13.4. The molecule has 2 aromatic rings. The zero-order chi connectivity index (χ0) is 17.6. The normalized spacial score (nSPS) is 11.6. The number of thiophene rings is 1.